The van der Waals surface area contributed by atoms with E-state index in [1.807, 2.05) is 31.2 Å². The molecule has 0 unspecified atom stereocenters. The highest BCUT2D eigenvalue weighted by Crippen LogP contribution is 2.18. The van der Waals surface area contributed by atoms with Gasteiger partial charge in [-0.1, -0.05) is 22.7 Å². The van der Waals surface area contributed by atoms with E-state index in [4.69, 9.17) is 5.26 Å². The molecule has 1 aromatic carbocycles. The quantitative estimate of drug-likeness (QED) is 0.431. The van der Waals surface area contributed by atoms with Gasteiger partial charge in [0.05, 0.1) is 12.0 Å². The van der Waals surface area contributed by atoms with Crippen molar-refractivity contribution in [1.82, 2.24) is 0 Å². The Morgan fingerprint density at radius 1 is 1.27 bits per heavy atom. The minimum atomic E-state index is 0.879. The Morgan fingerprint density at radius 3 is 2.45 bits per heavy atom. The van der Waals surface area contributed by atoms with E-state index < -0.39 is 0 Å². The van der Waals surface area contributed by atoms with Crippen molar-refractivity contribution in [1.29, 1.82) is 0 Å². The summed E-state index contributed by atoms with van der Waals surface area (Å²) in [4.78, 5) is 0.879. The summed E-state index contributed by atoms with van der Waals surface area (Å²) in [6.45, 7) is 2.00. The second-order valence-corrected chi connectivity index (χ2v) is 2.81. The summed E-state index contributed by atoms with van der Waals surface area (Å²) in [5.74, 6) is 0. The maximum absolute atomic E-state index is 7.84. The van der Waals surface area contributed by atoms with E-state index in [0.29, 0.717) is 0 Å². The lowest BCUT2D eigenvalue weighted by Gasteiger charge is -1.96. The molecule has 1 aromatic rings. The highest BCUT2D eigenvalue weighted by molar-refractivity contribution is 7.94. The van der Waals surface area contributed by atoms with Crippen LogP contribution in [0.5, 0.6) is 0 Å². The van der Waals surface area contributed by atoms with Gasteiger partial charge in [0.25, 0.3) is 0 Å². The van der Waals surface area contributed by atoms with Gasteiger partial charge in [0.15, 0.2) is 0 Å². The monoisotopic (exact) mass is 172 g/mol. The predicted molar refractivity (Wildman–Crippen MR) is 41.8 cm³/mol. The first-order chi connectivity index (χ1) is 5.33. The average Bonchev–Trinajstić information content (AvgIpc) is 2.04. The lowest BCUT2D eigenvalue weighted by atomic mass is 10.2. The third-order valence-corrected chi connectivity index (χ3v) is 1.78. The van der Waals surface area contributed by atoms with Crippen LogP contribution < -0.4 is 0 Å². The molecule has 0 atom stereocenters. The molecule has 0 heterocycles. The van der Waals surface area contributed by atoms with Crippen molar-refractivity contribution in [3.63, 3.8) is 0 Å². The molecule has 0 saturated heterocycles. The van der Waals surface area contributed by atoms with Gasteiger partial charge >= 0.3 is 0 Å². The van der Waals surface area contributed by atoms with E-state index in [1.165, 1.54) is 5.56 Å². The summed E-state index contributed by atoms with van der Waals surface area (Å²) >= 11 is 0.957. The Bertz CT molecular complexity index is 209. The second-order valence-electron chi connectivity index (χ2n) is 2.04. The van der Waals surface area contributed by atoms with Crippen molar-refractivity contribution in [2.75, 3.05) is 0 Å². The van der Waals surface area contributed by atoms with Crippen LogP contribution in [-0.2, 0) is 9.37 Å². The Balaban J connectivity index is 2.52. The van der Waals surface area contributed by atoms with Crippen LogP contribution in [-0.4, -0.2) is 5.26 Å². The maximum Gasteiger partial charge on any atom is 0.0714 e. The van der Waals surface area contributed by atoms with E-state index >= 15 is 0 Å². The maximum atomic E-state index is 7.84. The van der Waals surface area contributed by atoms with Crippen LogP contribution in [0.3, 0.4) is 0 Å². The molecular weight excluding hydrogens is 164 g/mol. The topological polar surface area (TPSA) is 38.7 Å². The molecule has 0 aliphatic heterocycles. The van der Waals surface area contributed by atoms with Gasteiger partial charge in [0.1, 0.15) is 0 Å². The highest BCUT2D eigenvalue weighted by atomic mass is 32.2. The second kappa shape index (κ2) is 4.35. The molecule has 0 saturated carbocycles. The minimum absolute atomic E-state index is 0.879. The molecule has 3 nitrogen and oxygen atoms in total. The van der Waals surface area contributed by atoms with Crippen molar-refractivity contribution < 1.29 is 14.6 Å². The van der Waals surface area contributed by atoms with E-state index in [2.05, 4.69) is 9.37 Å². The van der Waals surface area contributed by atoms with Crippen molar-refractivity contribution >= 4 is 12.0 Å². The zero-order valence-corrected chi connectivity index (χ0v) is 6.80. The van der Waals surface area contributed by atoms with E-state index in [1.54, 1.807) is 0 Å². The number of rotatable bonds is 3. The molecule has 60 valence electrons. The van der Waals surface area contributed by atoms with Crippen molar-refractivity contribution in [2.24, 2.45) is 0 Å². The molecule has 4 heteroatoms. The molecule has 0 radical (unpaired) electrons. The molecule has 1 rings (SSSR count). The SMILES string of the molecule is Cc1ccc(SOOO)cc1. The summed E-state index contributed by atoms with van der Waals surface area (Å²) in [5.41, 5.74) is 1.18. The molecule has 0 bridgehead atoms. The highest BCUT2D eigenvalue weighted by Gasteiger charge is 1.93. The van der Waals surface area contributed by atoms with Crippen LogP contribution >= 0.6 is 12.0 Å². The van der Waals surface area contributed by atoms with Crippen LogP contribution in [0.1, 0.15) is 5.56 Å². The number of aryl methyl sites for hydroxylation is 1. The van der Waals surface area contributed by atoms with Crippen LogP contribution in [0.15, 0.2) is 29.2 Å². The summed E-state index contributed by atoms with van der Waals surface area (Å²) < 4.78 is 4.23. The zero-order valence-electron chi connectivity index (χ0n) is 5.98. The zero-order chi connectivity index (χ0) is 8.10. The van der Waals surface area contributed by atoms with E-state index in [0.717, 1.165) is 16.9 Å². The number of hydrogen-bond donors (Lipinski definition) is 1. The van der Waals surface area contributed by atoms with Crippen molar-refractivity contribution in [3.8, 4) is 0 Å². The first-order valence-electron chi connectivity index (χ1n) is 3.04. The van der Waals surface area contributed by atoms with Crippen molar-refractivity contribution in [2.45, 2.75) is 11.8 Å². The number of hydrogen-bond acceptors (Lipinski definition) is 4. The largest absolute Gasteiger partial charge is 0.220 e. The van der Waals surface area contributed by atoms with Crippen LogP contribution in [0.4, 0.5) is 0 Å². The van der Waals surface area contributed by atoms with Gasteiger partial charge in [-0.15, -0.1) is 4.33 Å². The fraction of sp³-hybridized carbons (Fsp3) is 0.143. The number of benzene rings is 1. The fourth-order valence-corrected chi connectivity index (χ4v) is 1.00. The Morgan fingerprint density at radius 2 is 1.91 bits per heavy atom. The lowest BCUT2D eigenvalue weighted by molar-refractivity contribution is -0.432. The lowest BCUT2D eigenvalue weighted by Crippen LogP contribution is -1.78. The molecule has 0 amide bonds. The molecule has 1 N–H and O–H groups in total. The van der Waals surface area contributed by atoms with Gasteiger partial charge in [-0.3, -0.25) is 0 Å². The van der Waals surface area contributed by atoms with Gasteiger partial charge in [0.2, 0.25) is 0 Å². The Labute approximate surface area is 69.0 Å². The Hall–Kier alpha value is -0.550. The van der Waals surface area contributed by atoms with E-state index in [9.17, 15) is 0 Å². The van der Waals surface area contributed by atoms with Crippen LogP contribution in [0.25, 0.3) is 0 Å². The Kier molecular flexibility index (Phi) is 3.38. The summed E-state index contributed by atoms with van der Waals surface area (Å²) in [6, 6.07) is 7.64. The van der Waals surface area contributed by atoms with E-state index in [-0.39, 0.29) is 0 Å². The standard InChI is InChI=1S/C7H8O3S/c1-6-2-4-7(5-3-6)11-10-9-8/h2-5,8H,1H3. The van der Waals surface area contributed by atoms with Gasteiger partial charge in [-0.05, 0) is 19.1 Å². The summed E-state index contributed by atoms with van der Waals surface area (Å²) in [5, 5.41) is 11.3. The van der Waals surface area contributed by atoms with Gasteiger partial charge in [-0.2, -0.15) is 0 Å². The third kappa shape index (κ3) is 2.90. The van der Waals surface area contributed by atoms with Crippen molar-refractivity contribution in [3.05, 3.63) is 29.8 Å². The molecule has 0 fully saturated rings. The normalized spacial score (nSPS) is 10.0. The molecule has 0 aromatic heterocycles. The summed E-state index contributed by atoms with van der Waals surface area (Å²) in [7, 11) is 0. The third-order valence-electron chi connectivity index (χ3n) is 1.18. The first-order valence-corrected chi connectivity index (χ1v) is 3.78. The molecule has 0 aliphatic rings. The summed E-state index contributed by atoms with van der Waals surface area (Å²) in [6.07, 6.45) is 0. The molecule has 0 aliphatic carbocycles. The first kappa shape index (κ1) is 8.55. The molecular formula is C7H8O3S. The van der Waals surface area contributed by atoms with Crippen LogP contribution in [0.2, 0.25) is 0 Å². The smallest absolute Gasteiger partial charge is 0.0714 e. The van der Waals surface area contributed by atoms with Gasteiger partial charge < -0.3 is 0 Å². The predicted octanol–water partition coefficient (Wildman–Crippen LogP) is 2.42. The van der Waals surface area contributed by atoms with Gasteiger partial charge in [-0.25, -0.2) is 5.26 Å². The minimum Gasteiger partial charge on any atom is -0.220 e. The molecule has 11 heavy (non-hydrogen) atoms. The average molecular weight is 172 g/mol. The molecule has 0 spiro atoms. The fourth-order valence-electron chi connectivity index (χ4n) is 0.648. The van der Waals surface area contributed by atoms with Crippen LogP contribution in [0, 0.1) is 6.92 Å². The van der Waals surface area contributed by atoms with Gasteiger partial charge in [0, 0.05) is 4.90 Å².